The van der Waals surface area contributed by atoms with E-state index < -0.39 is 6.04 Å². The first-order valence-electron chi connectivity index (χ1n) is 9.07. The smallest absolute Gasteiger partial charge is 0.246 e. The van der Waals surface area contributed by atoms with Gasteiger partial charge in [-0.3, -0.25) is 9.59 Å². The summed E-state index contributed by atoms with van der Waals surface area (Å²) in [4.78, 5) is 24.8. The van der Waals surface area contributed by atoms with Gasteiger partial charge in [-0.1, -0.05) is 43.3 Å². The average Bonchev–Trinajstić information content (AvgIpc) is 2.68. The van der Waals surface area contributed by atoms with Crippen LogP contribution in [0.2, 0.25) is 0 Å². The number of hydrogen-bond acceptors (Lipinski definition) is 3. The van der Waals surface area contributed by atoms with Crippen LogP contribution < -0.4 is 16.0 Å². The summed E-state index contributed by atoms with van der Waals surface area (Å²) in [7, 11) is 0. The van der Waals surface area contributed by atoms with Crippen molar-refractivity contribution in [3.8, 4) is 0 Å². The maximum absolute atomic E-state index is 12.5. The minimum atomic E-state index is -0.604. The van der Waals surface area contributed by atoms with Crippen LogP contribution in [0, 0.1) is 0 Å². The third-order valence-corrected chi connectivity index (χ3v) is 4.78. The fraction of sp³-hybridized carbons (Fsp3) is 0.333. The summed E-state index contributed by atoms with van der Waals surface area (Å²) in [5.74, 6) is -0.373. The van der Waals surface area contributed by atoms with E-state index in [1.807, 2.05) is 42.5 Å². The summed E-state index contributed by atoms with van der Waals surface area (Å²) in [6.45, 7) is 4.45. The lowest BCUT2D eigenvalue weighted by molar-refractivity contribution is -0.127. The van der Waals surface area contributed by atoms with Crippen LogP contribution in [-0.4, -0.2) is 23.9 Å². The Hall–Kier alpha value is -2.66. The molecule has 3 N–H and O–H groups in total. The maximum atomic E-state index is 12.5. The van der Waals surface area contributed by atoms with Gasteiger partial charge in [0.25, 0.3) is 0 Å². The number of carbonyl (C=O) groups excluding carboxylic acids is 2. The summed E-state index contributed by atoms with van der Waals surface area (Å²) in [6.07, 6.45) is 1.59. The molecule has 0 saturated heterocycles. The van der Waals surface area contributed by atoms with E-state index in [9.17, 15) is 9.59 Å². The Morgan fingerprint density at radius 3 is 2.50 bits per heavy atom. The minimum absolute atomic E-state index is 0.150. The fourth-order valence-electron chi connectivity index (χ4n) is 3.09. The second-order valence-electron chi connectivity index (χ2n) is 6.68. The fourth-order valence-corrected chi connectivity index (χ4v) is 3.09. The number of anilines is 1. The number of nitrogens with one attached hydrogen (secondary N) is 3. The summed E-state index contributed by atoms with van der Waals surface area (Å²) in [5.41, 5.74) is 4.35. The predicted molar refractivity (Wildman–Crippen MR) is 103 cm³/mol. The first-order valence-corrected chi connectivity index (χ1v) is 9.07. The van der Waals surface area contributed by atoms with Gasteiger partial charge in [-0.25, -0.2) is 0 Å². The van der Waals surface area contributed by atoms with Gasteiger partial charge < -0.3 is 16.0 Å². The molecule has 0 radical (unpaired) electrons. The molecule has 2 aromatic rings. The molecule has 136 valence electrons. The Bertz CT molecular complexity index is 786. The zero-order valence-electron chi connectivity index (χ0n) is 15.2. The average molecular weight is 351 g/mol. The van der Waals surface area contributed by atoms with E-state index in [1.54, 1.807) is 6.92 Å². The number of hydrogen-bond donors (Lipinski definition) is 3. The molecule has 1 aliphatic rings. The minimum Gasteiger partial charge on any atom is -0.343 e. The van der Waals surface area contributed by atoms with Gasteiger partial charge in [0.1, 0.15) is 6.04 Å². The molecule has 5 nitrogen and oxygen atoms in total. The molecule has 2 atom stereocenters. The van der Waals surface area contributed by atoms with Gasteiger partial charge in [0, 0.05) is 12.2 Å². The molecule has 0 aromatic heterocycles. The molecule has 0 bridgehead atoms. The summed E-state index contributed by atoms with van der Waals surface area (Å²) in [5, 5.41) is 8.89. The molecule has 1 heterocycles. The zero-order chi connectivity index (χ0) is 18.5. The zero-order valence-corrected chi connectivity index (χ0v) is 15.2. The van der Waals surface area contributed by atoms with Crippen LogP contribution in [0.3, 0.4) is 0 Å². The molecular formula is C21H25N3O2. The molecule has 0 aliphatic carbocycles. The van der Waals surface area contributed by atoms with Gasteiger partial charge in [0.15, 0.2) is 0 Å². The molecule has 2 aromatic carbocycles. The Kier molecular flexibility index (Phi) is 5.68. The van der Waals surface area contributed by atoms with Crippen molar-refractivity contribution < 1.29 is 9.59 Å². The van der Waals surface area contributed by atoms with Gasteiger partial charge in [0.05, 0.1) is 6.04 Å². The number of benzene rings is 2. The van der Waals surface area contributed by atoms with Gasteiger partial charge >= 0.3 is 0 Å². The highest BCUT2D eigenvalue weighted by Gasteiger charge is 2.26. The van der Waals surface area contributed by atoms with E-state index in [2.05, 4.69) is 28.9 Å². The van der Waals surface area contributed by atoms with Crippen LogP contribution in [-0.2, 0) is 29.0 Å². The van der Waals surface area contributed by atoms with Crippen molar-refractivity contribution in [3.63, 3.8) is 0 Å². The molecule has 0 saturated carbocycles. The van der Waals surface area contributed by atoms with Crippen molar-refractivity contribution in [2.45, 2.75) is 45.3 Å². The quantitative estimate of drug-likeness (QED) is 0.775. The van der Waals surface area contributed by atoms with Crippen LogP contribution in [0.4, 0.5) is 5.69 Å². The molecule has 0 fully saturated rings. The first kappa shape index (κ1) is 18.1. The lowest BCUT2D eigenvalue weighted by Gasteiger charge is -2.26. The summed E-state index contributed by atoms with van der Waals surface area (Å²) < 4.78 is 0. The van der Waals surface area contributed by atoms with Gasteiger partial charge in [-0.2, -0.15) is 0 Å². The number of carbonyl (C=O) groups is 2. The molecule has 3 rings (SSSR count). The number of amides is 2. The second kappa shape index (κ2) is 8.15. The summed E-state index contributed by atoms with van der Waals surface area (Å²) in [6, 6.07) is 14.9. The Labute approximate surface area is 154 Å². The molecular weight excluding hydrogens is 326 g/mol. The number of rotatable bonds is 5. The molecule has 5 heteroatoms. The Morgan fingerprint density at radius 1 is 1.12 bits per heavy atom. The molecule has 0 unspecified atom stereocenters. The van der Waals surface area contributed by atoms with Crippen LogP contribution in [0.25, 0.3) is 0 Å². The van der Waals surface area contributed by atoms with Gasteiger partial charge in [-0.05, 0) is 48.6 Å². The second-order valence-corrected chi connectivity index (χ2v) is 6.68. The molecule has 0 spiro atoms. The molecule has 1 aliphatic heterocycles. The van der Waals surface area contributed by atoms with Crippen molar-refractivity contribution in [1.82, 2.24) is 10.6 Å². The maximum Gasteiger partial charge on any atom is 0.246 e. The van der Waals surface area contributed by atoms with Crippen molar-refractivity contribution in [2.24, 2.45) is 0 Å². The standard InChI is InChI=1S/C21H25N3O2/c1-3-15-8-10-18(11-9-15)24-20(25)14(2)23-21(26)19-12-16-6-4-5-7-17(16)13-22-19/h4-11,14,19,22H,3,12-13H2,1-2H3,(H,23,26)(H,24,25)/t14-,19-/m1/s1. The Morgan fingerprint density at radius 2 is 1.81 bits per heavy atom. The third kappa shape index (κ3) is 4.29. The van der Waals surface area contributed by atoms with E-state index in [4.69, 9.17) is 0 Å². The highest BCUT2D eigenvalue weighted by molar-refractivity contribution is 5.97. The lowest BCUT2D eigenvalue weighted by atomic mass is 9.95. The van der Waals surface area contributed by atoms with Crippen molar-refractivity contribution in [3.05, 3.63) is 65.2 Å². The summed E-state index contributed by atoms with van der Waals surface area (Å²) >= 11 is 0. The highest BCUT2D eigenvalue weighted by atomic mass is 16.2. The number of aryl methyl sites for hydroxylation is 1. The highest BCUT2D eigenvalue weighted by Crippen LogP contribution is 2.16. The normalized spacial score (nSPS) is 17.1. The van der Waals surface area contributed by atoms with Crippen LogP contribution in [0.5, 0.6) is 0 Å². The van der Waals surface area contributed by atoms with E-state index in [-0.39, 0.29) is 17.9 Å². The monoisotopic (exact) mass is 351 g/mol. The molecule has 26 heavy (non-hydrogen) atoms. The van der Waals surface area contributed by atoms with E-state index >= 15 is 0 Å². The van der Waals surface area contributed by atoms with Crippen molar-refractivity contribution >= 4 is 17.5 Å². The van der Waals surface area contributed by atoms with Crippen LogP contribution in [0.15, 0.2) is 48.5 Å². The van der Waals surface area contributed by atoms with Crippen molar-refractivity contribution in [2.75, 3.05) is 5.32 Å². The first-order chi connectivity index (χ1) is 12.6. The van der Waals surface area contributed by atoms with Gasteiger partial charge in [-0.15, -0.1) is 0 Å². The van der Waals surface area contributed by atoms with Crippen LogP contribution >= 0.6 is 0 Å². The van der Waals surface area contributed by atoms with E-state index in [0.717, 1.165) is 12.1 Å². The Balaban J connectivity index is 1.54. The lowest BCUT2D eigenvalue weighted by Crippen LogP contribution is -2.52. The number of fused-ring (bicyclic) bond motifs is 1. The SMILES string of the molecule is CCc1ccc(NC(=O)[C@@H](C)NC(=O)[C@H]2Cc3ccccc3CN2)cc1. The molecule has 2 amide bonds. The third-order valence-electron chi connectivity index (χ3n) is 4.78. The van der Waals surface area contributed by atoms with E-state index in [0.29, 0.717) is 13.0 Å². The predicted octanol–water partition coefficient (Wildman–Crippen LogP) is 2.41. The van der Waals surface area contributed by atoms with Gasteiger partial charge in [0.2, 0.25) is 11.8 Å². The topological polar surface area (TPSA) is 70.2 Å². The van der Waals surface area contributed by atoms with E-state index in [1.165, 1.54) is 16.7 Å². The van der Waals surface area contributed by atoms with Crippen LogP contribution in [0.1, 0.15) is 30.5 Å². The van der Waals surface area contributed by atoms with Crippen molar-refractivity contribution in [1.29, 1.82) is 0 Å². The largest absolute Gasteiger partial charge is 0.343 e.